The van der Waals surface area contributed by atoms with Gasteiger partial charge in [-0.25, -0.2) is 0 Å². The van der Waals surface area contributed by atoms with Gasteiger partial charge in [-0.05, 0) is 35.2 Å². The van der Waals surface area contributed by atoms with Crippen LogP contribution in [0.5, 0.6) is 5.75 Å². The third kappa shape index (κ3) is 3.62. The van der Waals surface area contributed by atoms with Crippen molar-refractivity contribution in [3.05, 3.63) is 102 Å². The minimum Gasteiger partial charge on any atom is -0.508 e. The summed E-state index contributed by atoms with van der Waals surface area (Å²) in [5.41, 5.74) is 0.694. The molecule has 2 atom stereocenters. The van der Waals surface area contributed by atoms with Crippen LogP contribution in [0.25, 0.3) is 0 Å². The van der Waals surface area contributed by atoms with E-state index in [0.717, 1.165) is 11.1 Å². The largest absolute Gasteiger partial charge is 0.508 e. The van der Waals surface area contributed by atoms with Crippen molar-refractivity contribution in [2.24, 2.45) is 0 Å². The van der Waals surface area contributed by atoms with Gasteiger partial charge < -0.3 is 10.2 Å². The van der Waals surface area contributed by atoms with Crippen molar-refractivity contribution < 1.29 is 15.0 Å². The molecule has 0 radical (unpaired) electrons. The quantitative estimate of drug-likeness (QED) is 0.675. The van der Waals surface area contributed by atoms with E-state index in [-0.39, 0.29) is 5.75 Å². The van der Waals surface area contributed by atoms with Gasteiger partial charge in [0.2, 0.25) is 0 Å². The van der Waals surface area contributed by atoms with E-state index in [1.807, 2.05) is 60.7 Å². The first-order chi connectivity index (χ1) is 12.1. The zero-order valence-electron chi connectivity index (χ0n) is 13.7. The lowest BCUT2D eigenvalue weighted by molar-refractivity contribution is -0.127. The zero-order valence-corrected chi connectivity index (χ0v) is 13.7. The van der Waals surface area contributed by atoms with Crippen LogP contribution >= 0.6 is 0 Å². The van der Waals surface area contributed by atoms with Crippen molar-refractivity contribution in [3.8, 4) is 5.75 Å². The topological polar surface area (TPSA) is 57.5 Å². The number of hydrogen-bond donors (Lipinski definition) is 2. The summed E-state index contributed by atoms with van der Waals surface area (Å²) in [4.78, 5) is 12.0. The molecule has 3 aromatic rings. The number of aldehydes is 1. The Bertz CT molecular complexity index is 813. The van der Waals surface area contributed by atoms with Gasteiger partial charge >= 0.3 is 0 Å². The lowest BCUT2D eigenvalue weighted by Crippen LogP contribution is -2.36. The van der Waals surface area contributed by atoms with Crippen molar-refractivity contribution in [2.75, 3.05) is 0 Å². The number of carbonyl (C=O) groups excluding carboxylic acids is 1. The van der Waals surface area contributed by atoms with Crippen molar-refractivity contribution in [3.63, 3.8) is 0 Å². The highest BCUT2D eigenvalue weighted by Gasteiger charge is 2.39. The van der Waals surface area contributed by atoms with Crippen LogP contribution in [-0.2, 0) is 16.8 Å². The maximum atomic E-state index is 12.0. The molecule has 3 rings (SSSR count). The highest BCUT2D eigenvalue weighted by atomic mass is 16.3. The first kappa shape index (κ1) is 16.9. The van der Waals surface area contributed by atoms with Crippen LogP contribution < -0.4 is 0 Å². The fourth-order valence-corrected chi connectivity index (χ4v) is 3.14. The Kier molecular flexibility index (Phi) is 4.96. The van der Waals surface area contributed by atoms with Crippen LogP contribution in [0.3, 0.4) is 0 Å². The number of benzene rings is 3. The van der Waals surface area contributed by atoms with Crippen LogP contribution in [0.4, 0.5) is 0 Å². The summed E-state index contributed by atoms with van der Waals surface area (Å²) in [6, 6.07) is 25.5. The van der Waals surface area contributed by atoms with Gasteiger partial charge in [-0.15, -0.1) is 0 Å². The molecule has 0 saturated heterocycles. The lowest BCUT2D eigenvalue weighted by atomic mass is 9.75. The van der Waals surface area contributed by atoms with E-state index in [9.17, 15) is 15.0 Å². The minimum atomic E-state index is -1.69. The van der Waals surface area contributed by atoms with Crippen LogP contribution in [-0.4, -0.2) is 16.5 Å². The standard InChI is InChI=1S/C22H20O3/c23-16-22(25,19-11-13-20(24)14-12-19)21(18-9-5-2-6-10-18)15-17-7-3-1-4-8-17/h1-14,16,21,24-25H,15H2. The molecule has 0 fully saturated rings. The van der Waals surface area contributed by atoms with E-state index >= 15 is 0 Å². The van der Waals surface area contributed by atoms with Crippen LogP contribution in [0, 0.1) is 0 Å². The smallest absolute Gasteiger partial charge is 0.156 e. The second-order valence-electron chi connectivity index (χ2n) is 6.14. The van der Waals surface area contributed by atoms with Gasteiger partial charge in [-0.1, -0.05) is 72.8 Å². The summed E-state index contributed by atoms with van der Waals surface area (Å²) in [6.45, 7) is 0. The molecular weight excluding hydrogens is 312 g/mol. The van der Waals surface area contributed by atoms with Crippen LogP contribution in [0.2, 0.25) is 0 Å². The molecule has 0 amide bonds. The molecule has 0 bridgehead atoms. The molecule has 3 aromatic carbocycles. The van der Waals surface area contributed by atoms with Crippen molar-refractivity contribution in [2.45, 2.75) is 17.9 Å². The van der Waals surface area contributed by atoms with E-state index in [1.165, 1.54) is 12.1 Å². The van der Waals surface area contributed by atoms with E-state index in [4.69, 9.17) is 0 Å². The van der Waals surface area contributed by atoms with Crippen LogP contribution in [0.1, 0.15) is 22.6 Å². The lowest BCUT2D eigenvalue weighted by Gasteiger charge is -2.32. The maximum Gasteiger partial charge on any atom is 0.156 e. The highest BCUT2D eigenvalue weighted by molar-refractivity contribution is 5.68. The zero-order chi connectivity index (χ0) is 17.7. The van der Waals surface area contributed by atoms with Crippen LogP contribution in [0.15, 0.2) is 84.9 Å². The Hall–Kier alpha value is -2.91. The molecule has 3 heteroatoms. The third-order valence-electron chi connectivity index (χ3n) is 4.53. The minimum absolute atomic E-state index is 0.0938. The Morgan fingerprint density at radius 1 is 0.840 bits per heavy atom. The molecule has 2 unspecified atom stereocenters. The fourth-order valence-electron chi connectivity index (χ4n) is 3.14. The predicted octanol–water partition coefficient (Wildman–Crippen LogP) is 3.81. The van der Waals surface area contributed by atoms with E-state index < -0.39 is 11.5 Å². The monoisotopic (exact) mass is 332 g/mol. The summed E-state index contributed by atoms with van der Waals surface area (Å²) in [6.07, 6.45) is 1.11. The molecule has 0 spiro atoms. The highest BCUT2D eigenvalue weighted by Crippen LogP contribution is 2.38. The second kappa shape index (κ2) is 7.32. The fraction of sp³-hybridized carbons (Fsp3) is 0.136. The molecule has 0 aliphatic heterocycles. The number of rotatable bonds is 6. The first-order valence-corrected chi connectivity index (χ1v) is 8.20. The molecule has 2 N–H and O–H groups in total. The number of carbonyl (C=O) groups is 1. The molecule has 3 nitrogen and oxygen atoms in total. The SMILES string of the molecule is O=CC(O)(c1ccc(O)cc1)C(Cc1ccccc1)c1ccccc1. The van der Waals surface area contributed by atoms with Crippen molar-refractivity contribution in [1.29, 1.82) is 0 Å². The number of aromatic hydroxyl groups is 1. The van der Waals surface area contributed by atoms with Gasteiger partial charge in [-0.3, -0.25) is 4.79 Å². The Balaban J connectivity index is 2.08. The molecule has 0 aromatic heterocycles. The molecule has 0 saturated carbocycles. The molecular formula is C22H20O3. The van der Waals surface area contributed by atoms with Gasteiger partial charge in [0.05, 0.1) is 0 Å². The third-order valence-corrected chi connectivity index (χ3v) is 4.53. The number of phenols is 1. The van der Waals surface area contributed by atoms with E-state index in [1.54, 1.807) is 12.1 Å². The first-order valence-electron chi connectivity index (χ1n) is 8.20. The molecule has 0 heterocycles. The van der Waals surface area contributed by atoms with Gasteiger partial charge in [0.25, 0.3) is 0 Å². The number of hydrogen-bond acceptors (Lipinski definition) is 3. The predicted molar refractivity (Wildman–Crippen MR) is 97.4 cm³/mol. The molecule has 0 aliphatic rings. The van der Waals surface area contributed by atoms with Crippen molar-refractivity contribution >= 4 is 6.29 Å². The molecule has 126 valence electrons. The molecule has 25 heavy (non-hydrogen) atoms. The van der Waals surface area contributed by atoms with Gasteiger partial charge in [0.15, 0.2) is 11.9 Å². The average Bonchev–Trinajstić information content (AvgIpc) is 2.67. The number of aliphatic hydroxyl groups is 1. The summed E-state index contributed by atoms with van der Waals surface area (Å²) in [7, 11) is 0. The maximum absolute atomic E-state index is 12.0. The Labute approximate surface area is 147 Å². The van der Waals surface area contributed by atoms with Gasteiger partial charge in [-0.2, -0.15) is 0 Å². The summed E-state index contributed by atoms with van der Waals surface area (Å²) in [5, 5.41) is 20.8. The van der Waals surface area contributed by atoms with E-state index in [2.05, 4.69) is 0 Å². The summed E-state index contributed by atoms with van der Waals surface area (Å²) >= 11 is 0. The summed E-state index contributed by atoms with van der Waals surface area (Å²) in [5.74, 6) is -0.352. The second-order valence-corrected chi connectivity index (χ2v) is 6.14. The van der Waals surface area contributed by atoms with E-state index in [0.29, 0.717) is 18.3 Å². The molecule has 0 aliphatic carbocycles. The summed E-state index contributed by atoms with van der Waals surface area (Å²) < 4.78 is 0. The van der Waals surface area contributed by atoms with Gasteiger partial charge in [0, 0.05) is 5.92 Å². The number of phenolic OH excluding ortho intramolecular Hbond substituents is 1. The normalized spacial score (nSPS) is 14.4. The average molecular weight is 332 g/mol. The Morgan fingerprint density at radius 2 is 1.40 bits per heavy atom. The van der Waals surface area contributed by atoms with Crippen molar-refractivity contribution in [1.82, 2.24) is 0 Å². The van der Waals surface area contributed by atoms with Gasteiger partial charge in [0.1, 0.15) is 5.75 Å². The Morgan fingerprint density at radius 3 is 1.96 bits per heavy atom.